The molecule has 1 aliphatic heterocycles. The van der Waals surface area contributed by atoms with Crippen LogP contribution in [0.4, 0.5) is 0 Å². The number of nitrogens with zero attached hydrogens (tertiary/aromatic N) is 2. The van der Waals surface area contributed by atoms with E-state index in [0.717, 1.165) is 22.0 Å². The van der Waals surface area contributed by atoms with Crippen molar-refractivity contribution in [3.05, 3.63) is 70.9 Å². The number of rotatable bonds is 4. The van der Waals surface area contributed by atoms with E-state index < -0.39 is 6.04 Å². The molecule has 2 aromatic carbocycles. The minimum atomic E-state index is -0.452. The van der Waals surface area contributed by atoms with Gasteiger partial charge in [-0.3, -0.25) is 14.5 Å². The van der Waals surface area contributed by atoms with E-state index in [1.807, 2.05) is 67.2 Å². The average molecular weight is 348 g/mol. The molecule has 3 aromatic rings. The van der Waals surface area contributed by atoms with Gasteiger partial charge in [0.1, 0.15) is 0 Å². The molecule has 1 atom stereocenters. The first kappa shape index (κ1) is 16.5. The summed E-state index contributed by atoms with van der Waals surface area (Å²) in [7, 11) is 3.51. The number of ether oxygens (including phenoxy) is 1. The minimum absolute atomic E-state index is 0.251. The lowest BCUT2D eigenvalue weighted by Crippen LogP contribution is -2.36. The lowest BCUT2D eigenvalue weighted by atomic mass is 10.00. The summed E-state index contributed by atoms with van der Waals surface area (Å²) >= 11 is 0. The van der Waals surface area contributed by atoms with Crippen molar-refractivity contribution in [1.82, 2.24) is 9.47 Å². The molecule has 0 saturated heterocycles. The molecule has 0 radical (unpaired) electrons. The fraction of sp³-hybridized carbons (Fsp3) is 0.238. The van der Waals surface area contributed by atoms with Gasteiger partial charge < -0.3 is 9.30 Å². The average Bonchev–Trinajstić information content (AvgIpc) is 3.13. The third kappa shape index (κ3) is 2.28. The Morgan fingerprint density at radius 3 is 2.42 bits per heavy atom. The van der Waals surface area contributed by atoms with Gasteiger partial charge in [-0.25, -0.2) is 0 Å². The summed E-state index contributed by atoms with van der Waals surface area (Å²) in [5.74, 6) is -0.505. The number of fused-ring (bicyclic) bond motifs is 3. The van der Waals surface area contributed by atoms with Crippen LogP contribution >= 0.6 is 0 Å². The van der Waals surface area contributed by atoms with Crippen LogP contribution in [0.2, 0.25) is 0 Å². The Morgan fingerprint density at radius 2 is 1.73 bits per heavy atom. The van der Waals surface area contributed by atoms with Gasteiger partial charge in [0, 0.05) is 31.3 Å². The Labute approximate surface area is 151 Å². The number of carbonyl (C=O) groups excluding carboxylic acids is 2. The van der Waals surface area contributed by atoms with Crippen molar-refractivity contribution in [3.8, 4) is 0 Å². The number of methoxy groups -OCH3 is 1. The SMILES string of the molecule is COC[C@@H](c1ccccc1)N1C(=O)c2c(C)cc3c(ccn3C)c2C1=O. The predicted octanol–water partition coefficient (Wildman–Crippen LogP) is 3.47. The molecule has 5 heteroatoms. The van der Waals surface area contributed by atoms with Gasteiger partial charge in [-0.15, -0.1) is 0 Å². The highest BCUT2D eigenvalue weighted by atomic mass is 16.5. The van der Waals surface area contributed by atoms with Gasteiger partial charge in [-0.05, 0) is 30.2 Å². The van der Waals surface area contributed by atoms with Crippen molar-refractivity contribution in [2.24, 2.45) is 7.05 Å². The second kappa shape index (κ2) is 6.11. The molecule has 0 bridgehead atoms. The molecule has 0 saturated carbocycles. The number of imide groups is 1. The molecule has 0 spiro atoms. The van der Waals surface area contributed by atoms with Crippen LogP contribution in [-0.4, -0.2) is 35.0 Å². The third-order valence-corrected chi connectivity index (χ3v) is 5.07. The van der Waals surface area contributed by atoms with Crippen molar-refractivity contribution < 1.29 is 14.3 Å². The topological polar surface area (TPSA) is 51.5 Å². The third-order valence-electron chi connectivity index (χ3n) is 5.07. The summed E-state index contributed by atoms with van der Waals surface area (Å²) in [5.41, 5.74) is 3.66. The fourth-order valence-electron chi connectivity index (χ4n) is 3.81. The Hall–Kier alpha value is -2.92. The van der Waals surface area contributed by atoms with Crippen LogP contribution in [0.15, 0.2) is 48.7 Å². The maximum atomic E-state index is 13.3. The summed E-state index contributed by atoms with van der Waals surface area (Å²) in [5, 5.41) is 0.818. The van der Waals surface area contributed by atoms with Gasteiger partial charge in [0.2, 0.25) is 0 Å². The summed E-state index contributed by atoms with van der Waals surface area (Å²) < 4.78 is 7.30. The maximum absolute atomic E-state index is 13.3. The van der Waals surface area contributed by atoms with Gasteiger partial charge in [-0.2, -0.15) is 0 Å². The molecule has 132 valence electrons. The zero-order chi connectivity index (χ0) is 18.4. The van der Waals surface area contributed by atoms with Crippen LogP contribution in [0, 0.1) is 6.92 Å². The first-order chi connectivity index (χ1) is 12.5. The van der Waals surface area contributed by atoms with E-state index in [4.69, 9.17) is 4.74 Å². The molecule has 0 N–H and O–H groups in total. The summed E-state index contributed by atoms with van der Waals surface area (Å²) in [6, 6.07) is 13.0. The van der Waals surface area contributed by atoms with E-state index in [9.17, 15) is 9.59 Å². The molecule has 0 unspecified atom stereocenters. The van der Waals surface area contributed by atoms with Crippen molar-refractivity contribution in [3.63, 3.8) is 0 Å². The number of aromatic nitrogens is 1. The Kier molecular flexibility index (Phi) is 3.89. The Morgan fingerprint density at radius 1 is 1.04 bits per heavy atom. The molecule has 2 amide bonds. The van der Waals surface area contributed by atoms with Crippen LogP contribution in [0.3, 0.4) is 0 Å². The first-order valence-corrected chi connectivity index (χ1v) is 8.55. The van der Waals surface area contributed by atoms with Gasteiger partial charge in [0.25, 0.3) is 11.8 Å². The van der Waals surface area contributed by atoms with E-state index in [-0.39, 0.29) is 18.4 Å². The van der Waals surface area contributed by atoms with Crippen molar-refractivity contribution in [1.29, 1.82) is 0 Å². The van der Waals surface area contributed by atoms with Crippen LogP contribution in [0.5, 0.6) is 0 Å². The lowest BCUT2D eigenvalue weighted by Gasteiger charge is -2.26. The van der Waals surface area contributed by atoms with Crippen LogP contribution in [0.25, 0.3) is 10.9 Å². The number of amides is 2. The van der Waals surface area contributed by atoms with Gasteiger partial charge in [0.05, 0.1) is 23.8 Å². The van der Waals surface area contributed by atoms with Gasteiger partial charge >= 0.3 is 0 Å². The second-order valence-electron chi connectivity index (χ2n) is 6.67. The smallest absolute Gasteiger partial charge is 0.262 e. The molecule has 0 fully saturated rings. The molecule has 5 nitrogen and oxygen atoms in total. The van der Waals surface area contributed by atoms with E-state index >= 15 is 0 Å². The molecule has 1 aliphatic rings. The fourth-order valence-corrected chi connectivity index (χ4v) is 3.81. The second-order valence-corrected chi connectivity index (χ2v) is 6.67. The monoisotopic (exact) mass is 348 g/mol. The lowest BCUT2D eigenvalue weighted by molar-refractivity contribution is 0.0469. The predicted molar refractivity (Wildman–Crippen MR) is 99.2 cm³/mol. The number of hydrogen-bond acceptors (Lipinski definition) is 3. The molecule has 2 heterocycles. The number of carbonyl (C=O) groups is 2. The van der Waals surface area contributed by atoms with E-state index in [1.54, 1.807) is 7.11 Å². The number of aryl methyl sites for hydroxylation is 2. The highest BCUT2D eigenvalue weighted by molar-refractivity contribution is 6.27. The molecule has 4 rings (SSSR count). The van der Waals surface area contributed by atoms with Gasteiger partial charge in [-0.1, -0.05) is 30.3 Å². The normalized spacial score (nSPS) is 15.0. The van der Waals surface area contributed by atoms with Crippen molar-refractivity contribution in [2.75, 3.05) is 13.7 Å². The standard InChI is InChI=1S/C21H20N2O3/c1-13-11-16-15(9-10-22(16)2)19-18(13)20(24)23(21(19)25)17(12-26-3)14-7-5-4-6-8-14/h4-11,17H,12H2,1-3H3/t17-/m0/s1. The number of benzene rings is 2. The zero-order valence-electron chi connectivity index (χ0n) is 15.0. The Balaban J connectivity index is 1.89. The highest BCUT2D eigenvalue weighted by Gasteiger charge is 2.43. The van der Waals surface area contributed by atoms with E-state index in [2.05, 4.69) is 0 Å². The minimum Gasteiger partial charge on any atom is -0.382 e. The van der Waals surface area contributed by atoms with Crippen LogP contribution < -0.4 is 0 Å². The van der Waals surface area contributed by atoms with Crippen LogP contribution in [-0.2, 0) is 11.8 Å². The molecule has 26 heavy (non-hydrogen) atoms. The molecule has 1 aromatic heterocycles. The summed E-state index contributed by atoms with van der Waals surface area (Å²) in [4.78, 5) is 27.9. The quantitative estimate of drug-likeness (QED) is 0.679. The summed E-state index contributed by atoms with van der Waals surface area (Å²) in [6.07, 6.45) is 1.91. The molecule has 0 aliphatic carbocycles. The van der Waals surface area contributed by atoms with Crippen LogP contribution in [0.1, 0.15) is 37.9 Å². The first-order valence-electron chi connectivity index (χ1n) is 8.55. The maximum Gasteiger partial charge on any atom is 0.262 e. The largest absolute Gasteiger partial charge is 0.382 e. The molecular formula is C21H20N2O3. The van der Waals surface area contributed by atoms with Crippen molar-refractivity contribution in [2.45, 2.75) is 13.0 Å². The van der Waals surface area contributed by atoms with Crippen molar-refractivity contribution >= 4 is 22.7 Å². The van der Waals surface area contributed by atoms with E-state index in [1.165, 1.54) is 4.90 Å². The van der Waals surface area contributed by atoms with Gasteiger partial charge in [0.15, 0.2) is 0 Å². The molecular weight excluding hydrogens is 328 g/mol. The highest BCUT2D eigenvalue weighted by Crippen LogP contribution is 2.37. The Bertz CT molecular complexity index is 1020. The number of hydrogen-bond donors (Lipinski definition) is 0. The summed E-state index contributed by atoms with van der Waals surface area (Å²) in [6.45, 7) is 2.14. The zero-order valence-corrected chi connectivity index (χ0v) is 15.0. The van der Waals surface area contributed by atoms with E-state index in [0.29, 0.717) is 11.1 Å².